The fourth-order valence-electron chi connectivity index (χ4n) is 2.01. The minimum Gasteiger partial charge on any atom is -0.357 e. The van der Waals surface area contributed by atoms with Gasteiger partial charge < -0.3 is 10.2 Å². The molecule has 110 valence electrons. The summed E-state index contributed by atoms with van der Waals surface area (Å²) in [5, 5.41) is 2.75. The van der Waals surface area contributed by atoms with Crippen molar-refractivity contribution in [3.63, 3.8) is 0 Å². The van der Waals surface area contributed by atoms with Crippen molar-refractivity contribution in [3.8, 4) is 0 Å². The first kappa shape index (κ1) is 17.9. The number of hydrogen-bond donors (Lipinski definition) is 1. The zero-order chi connectivity index (χ0) is 14.7. The summed E-state index contributed by atoms with van der Waals surface area (Å²) in [4.78, 5) is 7.06. The second-order valence-corrected chi connectivity index (χ2v) is 4.54. The van der Waals surface area contributed by atoms with Gasteiger partial charge in [-0.2, -0.15) is 0 Å². The molecular weight excluding hydrogens is 234 g/mol. The predicted molar refractivity (Wildman–Crippen MR) is 86.1 cm³/mol. The fraction of sp³-hybridized carbons (Fsp3) is 0.688. The molecule has 1 aliphatic heterocycles. The van der Waals surface area contributed by atoms with Crippen molar-refractivity contribution in [2.75, 3.05) is 32.1 Å². The van der Waals surface area contributed by atoms with E-state index in [9.17, 15) is 0 Å². The van der Waals surface area contributed by atoms with Crippen LogP contribution in [0.5, 0.6) is 0 Å². The Morgan fingerprint density at radius 1 is 1.16 bits per heavy atom. The Morgan fingerprint density at radius 3 is 2.16 bits per heavy atom. The van der Waals surface area contributed by atoms with E-state index < -0.39 is 0 Å². The molecule has 0 spiro atoms. The van der Waals surface area contributed by atoms with Gasteiger partial charge in [0.25, 0.3) is 0 Å². The third kappa shape index (κ3) is 6.58. The number of nitrogens with one attached hydrogen (secondary N) is 1. The van der Waals surface area contributed by atoms with E-state index in [2.05, 4.69) is 41.2 Å². The molecule has 1 aromatic heterocycles. The van der Waals surface area contributed by atoms with Crippen LogP contribution in [0.2, 0.25) is 0 Å². The summed E-state index contributed by atoms with van der Waals surface area (Å²) in [6, 6.07) is 4.38. The van der Waals surface area contributed by atoms with E-state index in [0.29, 0.717) is 0 Å². The van der Waals surface area contributed by atoms with Gasteiger partial charge in [0.05, 0.1) is 0 Å². The Bertz CT molecular complexity index is 331. The summed E-state index contributed by atoms with van der Waals surface area (Å²) >= 11 is 0. The van der Waals surface area contributed by atoms with E-state index >= 15 is 0 Å². The van der Waals surface area contributed by atoms with Crippen molar-refractivity contribution >= 4 is 5.82 Å². The molecule has 1 fully saturated rings. The molecule has 0 aliphatic carbocycles. The van der Waals surface area contributed by atoms with Crippen LogP contribution in [0, 0.1) is 6.92 Å². The highest BCUT2D eigenvalue weighted by molar-refractivity contribution is 5.43. The van der Waals surface area contributed by atoms with Crippen LogP contribution in [0.15, 0.2) is 12.1 Å². The number of pyridine rings is 1. The van der Waals surface area contributed by atoms with Gasteiger partial charge in [-0.25, -0.2) is 4.98 Å². The van der Waals surface area contributed by atoms with Gasteiger partial charge in [-0.1, -0.05) is 20.8 Å². The Hall–Kier alpha value is -1.09. The average molecular weight is 265 g/mol. The number of nitrogens with zero attached hydrogens (tertiary/aromatic N) is 2. The zero-order valence-corrected chi connectivity index (χ0v) is 13.6. The van der Waals surface area contributed by atoms with Crippen LogP contribution in [0.25, 0.3) is 0 Å². The minimum absolute atomic E-state index is 1.03. The Balaban J connectivity index is 0.000000573. The first-order valence-corrected chi connectivity index (χ1v) is 7.52. The Kier molecular flexibility index (Phi) is 10.2. The summed E-state index contributed by atoms with van der Waals surface area (Å²) < 4.78 is 0. The smallest absolute Gasteiger partial charge is 0.129 e. The lowest BCUT2D eigenvalue weighted by molar-refractivity contribution is 0.910. The molecule has 0 bridgehead atoms. The molecule has 1 N–H and O–H groups in total. The van der Waals surface area contributed by atoms with E-state index in [1.54, 1.807) is 0 Å². The number of rotatable bonds is 2. The molecule has 3 heteroatoms. The van der Waals surface area contributed by atoms with Gasteiger partial charge in [0.15, 0.2) is 0 Å². The lowest BCUT2D eigenvalue weighted by Gasteiger charge is -2.17. The molecule has 0 unspecified atom stereocenters. The van der Waals surface area contributed by atoms with Gasteiger partial charge in [0.2, 0.25) is 0 Å². The van der Waals surface area contributed by atoms with E-state index in [0.717, 1.165) is 6.42 Å². The fourth-order valence-corrected chi connectivity index (χ4v) is 2.01. The third-order valence-electron chi connectivity index (χ3n) is 2.80. The topological polar surface area (TPSA) is 28.2 Å². The van der Waals surface area contributed by atoms with Crippen molar-refractivity contribution in [2.24, 2.45) is 0 Å². The van der Waals surface area contributed by atoms with Gasteiger partial charge in [0, 0.05) is 18.8 Å². The van der Waals surface area contributed by atoms with E-state index in [1.807, 2.05) is 27.9 Å². The maximum atomic E-state index is 4.66. The van der Waals surface area contributed by atoms with Crippen LogP contribution >= 0.6 is 0 Å². The van der Waals surface area contributed by atoms with Crippen LogP contribution in [0.4, 0.5) is 5.82 Å². The van der Waals surface area contributed by atoms with Crippen LogP contribution in [-0.2, 0) is 6.42 Å². The lowest BCUT2D eigenvalue weighted by Crippen LogP contribution is -2.19. The van der Waals surface area contributed by atoms with Gasteiger partial charge in [0.1, 0.15) is 5.82 Å². The number of anilines is 1. The van der Waals surface area contributed by atoms with Crippen molar-refractivity contribution in [1.82, 2.24) is 10.3 Å². The average Bonchev–Trinajstić information content (AvgIpc) is 2.95. The Morgan fingerprint density at radius 2 is 1.68 bits per heavy atom. The molecule has 3 nitrogen and oxygen atoms in total. The van der Waals surface area contributed by atoms with Crippen LogP contribution in [0.3, 0.4) is 0 Å². The third-order valence-corrected chi connectivity index (χ3v) is 2.80. The second-order valence-electron chi connectivity index (χ2n) is 4.54. The predicted octanol–water partition coefficient (Wildman–Crippen LogP) is 3.41. The molecule has 1 aliphatic rings. The van der Waals surface area contributed by atoms with Gasteiger partial charge in [-0.15, -0.1) is 0 Å². The number of aromatic nitrogens is 1. The van der Waals surface area contributed by atoms with Gasteiger partial charge in [-0.3, -0.25) is 0 Å². The minimum atomic E-state index is 1.03. The number of hydrogen-bond acceptors (Lipinski definition) is 3. The first-order chi connectivity index (χ1) is 9.21. The lowest BCUT2D eigenvalue weighted by atomic mass is 10.2. The summed E-state index contributed by atoms with van der Waals surface area (Å²) in [5.74, 6) is 1.18. The summed E-state index contributed by atoms with van der Waals surface area (Å²) in [7, 11) is 3.75. The van der Waals surface area contributed by atoms with Crippen molar-refractivity contribution in [1.29, 1.82) is 0 Å². The summed E-state index contributed by atoms with van der Waals surface area (Å²) in [5.41, 5.74) is 2.55. The van der Waals surface area contributed by atoms with Crippen LogP contribution in [-0.4, -0.2) is 32.2 Å². The molecule has 0 amide bonds. The highest BCUT2D eigenvalue weighted by Gasteiger charge is 2.13. The molecule has 19 heavy (non-hydrogen) atoms. The highest BCUT2D eigenvalue weighted by atomic mass is 15.2. The van der Waals surface area contributed by atoms with E-state index in [-0.39, 0.29) is 0 Å². The van der Waals surface area contributed by atoms with E-state index in [4.69, 9.17) is 0 Å². The van der Waals surface area contributed by atoms with Gasteiger partial charge >= 0.3 is 0 Å². The molecule has 0 saturated carbocycles. The summed E-state index contributed by atoms with van der Waals surface area (Å²) in [6.45, 7) is 10.7. The van der Waals surface area contributed by atoms with Crippen LogP contribution in [0.1, 0.15) is 44.9 Å². The molecule has 1 aromatic rings. The monoisotopic (exact) mass is 265 g/mol. The molecule has 0 aromatic carbocycles. The molecule has 1 saturated heterocycles. The molecule has 2 rings (SSSR count). The Labute approximate surface area is 119 Å². The van der Waals surface area contributed by atoms with Gasteiger partial charge in [-0.05, 0) is 58.0 Å². The SMILES string of the molecule is CC.CCc1cc(C)cc(N2CCCC2)n1.CNC. The molecule has 2 heterocycles. The maximum absolute atomic E-state index is 4.66. The quantitative estimate of drug-likeness (QED) is 0.888. The highest BCUT2D eigenvalue weighted by Crippen LogP contribution is 2.19. The molecule has 0 radical (unpaired) electrons. The van der Waals surface area contributed by atoms with E-state index in [1.165, 1.54) is 43.0 Å². The number of aryl methyl sites for hydroxylation is 2. The van der Waals surface area contributed by atoms with Crippen molar-refractivity contribution in [2.45, 2.75) is 47.0 Å². The molecular formula is C16H31N3. The van der Waals surface area contributed by atoms with Crippen LogP contribution < -0.4 is 10.2 Å². The van der Waals surface area contributed by atoms with Crippen molar-refractivity contribution in [3.05, 3.63) is 23.4 Å². The second kappa shape index (κ2) is 10.8. The maximum Gasteiger partial charge on any atom is 0.129 e. The molecule has 0 atom stereocenters. The summed E-state index contributed by atoms with van der Waals surface area (Å²) in [6.07, 6.45) is 3.66. The standard InChI is InChI=1S/C12H18N2.C2H7N.C2H6/c1-3-11-8-10(2)9-12(13-11)14-6-4-5-7-14;1-3-2;1-2/h8-9H,3-7H2,1-2H3;3H,1-2H3;1-2H3. The zero-order valence-electron chi connectivity index (χ0n) is 13.6. The normalized spacial score (nSPS) is 13.3. The van der Waals surface area contributed by atoms with Crippen molar-refractivity contribution < 1.29 is 0 Å². The first-order valence-electron chi connectivity index (χ1n) is 7.52. The largest absolute Gasteiger partial charge is 0.357 e.